The summed E-state index contributed by atoms with van der Waals surface area (Å²) in [4.78, 5) is 0. The normalized spacial score (nSPS) is 16.8. The zero-order valence-electron chi connectivity index (χ0n) is 11.2. The van der Waals surface area contributed by atoms with Gasteiger partial charge < -0.3 is 9.13 Å². The average Bonchev–Trinajstić information content (AvgIpc) is 3.05. The lowest BCUT2D eigenvalue weighted by molar-refractivity contribution is 0.650. The summed E-state index contributed by atoms with van der Waals surface area (Å²) in [6.45, 7) is 2.29. The van der Waals surface area contributed by atoms with E-state index in [0.29, 0.717) is 6.04 Å². The summed E-state index contributed by atoms with van der Waals surface area (Å²) in [5.74, 6) is 0. The van der Waals surface area contributed by atoms with E-state index in [1.807, 2.05) is 0 Å². The highest BCUT2D eigenvalue weighted by molar-refractivity contribution is 6.08. The van der Waals surface area contributed by atoms with Gasteiger partial charge in [-0.25, -0.2) is 0 Å². The number of fused-ring (bicyclic) bond motifs is 5. The van der Waals surface area contributed by atoms with Crippen LogP contribution in [0.4, 0.5) is 0 Å². The highest BCUT2D eigenvalue weighted by Gasteiger charge is 2.26. The maximum Gasteiger partial charge on any atom is 0.126 e. The van der Waals surface area contributed by atoms with Crippen LogP contribution >= 0.6 is 0 Å². The van der Waals surface area contributed by atoms with Crippen LogP contribution in [0.2, 0.25) is 0 Å². The SMILES string of the molecule is C[C@@H]1c2ccccc2-n2ccc3c4ccccc4n1c32. The molecular formula is C18H14N2. The summed E-state index contributed by atoms with van der Waals surface area (Å²) >= 11 is 0. The number of nitrogens with zero attached hydrogens (tertiary/aromatic N) is 2. The van der Waals surface area contributed by atoms with Crippen LogP contribution in [0.15, 0.2) is 60.8 Å². The highest BCUT2D eigenvalue weighted by Crippen LogP contribution is 2.40. The predicted octanol–water partition coefficient (Wildman–Crippen LogP) is 4.51. The van der Waals surface area contributed by atoms with E-state index >= 15 is 0 Å². The molecule has 20 heavy (non-hydrogen) atoms. The summed E-state index contributed by atoms with van der Waals surface area (Å²) in [6.07, 6.45) is 2.19. The molecule has 2 aromatic heterocycles. The van der Waals surface area contributed by atoms with Crippen LogP contribution in [0.5, 0.6) is 0 Å². The lowest BCUT2D eigenvalue weighted by Gasteiger charge is -2.26. The molecule has 1 aliphatic rings. The van der Waals surface area contributed by atoms with Crippen LogP contribution in [0.3, 0.4) is 0 Å². The van der Waals surface area contributed by atoms with Crippen LogP contribution in [0.1, 0.15) is 18.5 Å². The molecule has 3 heterocycles. The Labute approximate surface area is 116 Å². The van der Waals surface area contributed by atoms with Crippen molar-refractivity contribution in [1.82, 2.24) is 9.13 Å². The summed E-state index contributed by atoms with van der Waals surface area (Å²) in [5, 5.41) is 2.70. The molecule has 5 rings (SSSR count). The second kappa shape index (κ2) is 3.34. The Morgan fingerprint density at radius 1 is 0.850 bits per heavy atom. The van der Waals surface area contributed by atoms with Gasteiger partial charge in [0, 0.05) is 17.0 Å². The van der Waals surface area contributed by atoms with Crippen molar-refractivity contribution in [2.45, 2.75) is 13.0 Å². The van der Waals surface area contributed by atoms with E-state index in [9.17, 15) is 0 Å². The van der Waals surface area contributed by atoms with Gasteiger partial charge in [0.15, 0.2) is 0 Å². The second-order valence-electron chi connectivity index (χ2n) is 5.54. The first-order valence-electron chi connectivity index (χ1n) is 7.05. The largest absolute Gasteiger partial charge is 0.319 e. The van der Waals surface area contributed by atoms with Gasteiger partial charge in [-0.15, -0.1) is 0 Å². The molecule has 96 valence electrons. The summed E-state index contributed by atoms with van der Waals surface area (Å²) in [7, 11) is 0. The molecule has 0 radical (unpaired) electrons. The van der Waals surface area contributed by atoms with Crippen molar-refractivity contribution in [2.24, 2.45) is 0 Å². The van der Waals surface area contributed by atoms with Crippen LogP contribution < -0.4 is 0 Å². The first kappa shape index (κ1) is 10.3. The minimum atomic E-state index is 0.371. The summed E-state index contributed by atoms with van der Waals surface area (Å²) in [6, 6.07) is 20.0. The number of hydrogen-bond donors (Lipinski definition) is 0. The molecule has 0 amide bonds. The van der Waals surface area contributed by atoms with Crippen LogP contribution in [-0.2, 0) is 0 Å². The molecule has 1 atom stereocenters. The fraction of sp³-hybridized carbons (Fsp3) is 0.111. The monoisotopic (exact) mass is 258 g/mol. The highest BCUT2D eigenvalue weighted by atomic mass is 15.2. The van der Waals surface area contributed by atoms with Crippen molar-refractivity contribution in [2.75, 3.05) is 0 Å². The fourth-order valence-corrected chi connectivity index (χ4v) is 3.69. The molecule has 0 saturated heterocycles. The van der Waals surface area contributed by atoms with E-state index in [4.69, 9.17) is 0 Å². The Hall–Kier alpha value is -2.48. The number of rotatable bonds is 0. The van der Waals surface area contributed by atoms with Gasteiger partial charge in [0.25, 0.3) is 0 Å². The van der Waals surface area contributed by atoms with Crippen molar-refractivity contribution in [3.05, 3.63) is 66.4 Å². The standard InChI is InChI=1S/C18H14N2/c1-12-13-6-2-4-8-16(13)19-11-10-15-14-7-3-5-9-17(14)20(12)18(15)19/h2-12H,1H3/t12-/m1/s1. The zero-order valence-corrected chi connectivity index (χ0v) is 11.2. The number of aromatic nitrogens is 2. The molecule has 0 unspecified atom stereocenters. The predicted molar refractivity (Wildman–Crippen MR) is 82.6 cm³/mol. The van der Waals surface area contributed by atoms with Crippen molar-refractivity contribution in [3.63, 3.8) is 0 Å². The number of benzene rings is 2. The maximum absolute atomic E-state index is 2.47. The molecule has 0 N–H and O–H groups in total. The molecular weight excluding hydrogens is 244 g/mol. The average molecular weight is 258 g/mol. The second-order valence-corrected chi connectivity index (χ2v) is 5.54. The van der Waals surface area contributed by atoms with E-state index in [1.54, 1.807) is 0 Å². The molecule has 2 heteroatoms. The van der Waals surface area contributed by atoms with E-state index in [-0.39, 0.29) is 0 Å². The third-order valence-electron chi connectivity index (χ3n) is 4.57. The Morgan fingerprint density at radius 2 is 1.65 bits per heavy atom. The molecule has 2 nitrogen and oxygen atoms in total. The fourth-order valence-electron chi connectivity index (χ4n) is 3.69. The van der Waals surface area contributed by atoms with Gasteiger partial charge in [0.2, 0.25) is 0 Å². The Morgan fingerprint density at radius 3 is 2.60 bits per heavy atom. The topological polar surface area (TPSA) is 9.86 Å². The van der Waals surface area contributed by atoms with E-state index in [2.05, 4.69) is 76.9 Å². The molecule has 0 spiro atoms. The van der Waals surface area contributed by atoms with Gasteiger partial charge in [-0.1, -0.05) is 36.4 Å². The van der Waals surface area contributed by atoms with E-state index in [0.717, 1.165) is 0 Å². The molecule has 0 saturated carbocycles. The Bertz CT molecular complexity index is 972. The third-order valence-corrected chi connectivity index (χ3v) is 4.57. The van der Waals surface area contributed by atoms with Crippen molar-refractivity contribution in [1.29, 1.82) is 0 Å². The lowest BCUT2D eigenvalue weighted by Crippen LogP contribution is -2.16. The van der Waals surface area contributed by atoms with Gasteiger partial charge in [-0.2, -0.15) is 0 Å². The van der Waals surface area contributed by atoms with Crippen LogP contribution in [-0.4, -0.2) is 9.13 Å². The van der Waals surface area contributed by atoms with Gasteiger partial charge in [0.05, 0.1) is 17.2 Å². The molecule has 2 aromatic carbocycles. The quantitative estimate of drug-likeness (QED) is 0.439. The van der Waals surface area contributed by atoms with Crippen molar-refractivity contribution >= 4 is 21.9 Å². The van der Waals surface area contributed by atoms with E-state index in [1.165, 1.54) is 33.2 Å². The lowest BCUT2D eigenvalue weighted by atomic mass is 10.0. The van der Waals surface area contributed by atoms with Crippen molar-refractivity contribution in [3.8, 4) is 5.69 Å². The molecule has 0 fully saturated rings. The first-order valence-corrected chi connectivity index (χ1v) is 7.05. The third kappa shape index (κ3) is 1.02. The molecule has 4 aromatic rings. The van der Waals surface area contributed by atoms with Gasteiger partial charge >= 0.3 is 0 Å². The van der Waals surface area contributed by atoms with Gasteiger partial charge in [-0.3, -0.25) is 0 Å². The molecule has 1 aliphatic heterocycles. The zero-order chi connectivity index (χ0) is 13.3. The molecule has 0 aliphatic carbocycles. The van der Waals surface area contributed by atoms with Gasteiger partial charge in [0.1, 0.15) is 5.65 Å². The Balaban J connectivity index is 2.08. The Kier molecular flexibility index (Phi) is 1.72. The van der Waals surface area contributed by atoms with Crippen LogP contribution in [0, 0.1) is 0 Å². The van der Waals surface area contributed by atoms with E-state index < -0.39 is 0 Å². The van der Waals surface area contributed by atoms with Crippen LogP contribution in [0.25, 0.3) is 27.6 Å². The van der Waals surface area contributed by atoms with Gasteiger partial charge in [-0.05, 0) is 30.7 Å². The minimum absolute atomic E-state index is 0.371. The minimum Gasteiger partial charge on any atom is -0.319 e. The summed E-state index contributed by atoms with van der Waals surface area (Å²) in [5.41, 5.74) is 5.34. The number of hydrogen-bond acceptors (Lipinski definition) is 0. The maximum atomic E-state index is 2.47. The molecule has 0 bridgehead atoms. The smallest absolute Gasteiger partial charge is 0.126 e. The summed E-state index contributed by atoms with van der Waals surface area (Å²) < 4.78 is 4.79. The first-order chi connectivity index (χ1) is 9.86. The number of para-hydroxylation sites is 2. The van der Waals surface area contributed by atoms with Crippen molar-refractivity contribution < 1.29 is 0 Å².